The van der Waals surface area contributed by atoms with Gasteiger partial charge in [0.2, 0.25) is 5.82 Å². The smallest absolute Gasteiger partial charge is 0.410 e. The molecule has 2 unspecified atom stereocenters. The van der Waals surface area contributed by atoms with Gasteiger partial charge in [-0.15, -0.1) is 0 Å². The first-order valence-electron chi connectivity index (χ1n) is 13.1. The highest BCUT2D eigenvalue weighted by Crippen LogP contribution is 2.33. The number of aromatic nitrogens is 4. The highest BCUT2D eigenvalue weighted by atomic mass is 16.6. The maximum absolute atomic E-state index is 12.5. The van der Waals surface area contributed by atoms with Crippen molar-refractivity contribution in [2.45, 2.75) is 50.0 Å². The van der Waals surface area contributed by atoms with Gasteiger partial charge in [-0.25, -0.2) is 19.7 Å². The Labute approximate surface area is 235 Å². The van der Waals surface area contributed by atoms with Crippen LogP contribution in [0.15, 0.2) is 36.7 Å². The van der Waals surface area contributed by atoms with E-state index in [1.807, 2.05) is 30.3 Å². The molecule has 0 radical (unpaired) electrons. The highest BCUT2D eigenvalue weighted by molar-refractivity contribution is 5.83. The molecule has 0 bridgehead atoms. The molecule has 4 atom stereocenters. The Hall–Kier alpha value is -4.29. The minimum atomic E-state index is -1.44. The van der Waals surface area contributed by atoms with E-state index in [1.54, 1.807) is 0 Å². The van der Waals surface area contributed by atoms with Crippen LogP contribution in [0.1, 0.15) is 30.5 Å². The van der Waals surface area contributed by atoms with Crippen molar-refractivity contribution in [3.05, 3.63) is 48.0 Å². The van der Waals surface area contributed by atoms with Crippen molar-refractivity contribution in [3.63, 3.8) is 0 Å². The Bertz CT molecular complexity index is 1450. The molecule has 41 heavy (non-hydrogen) atoms. The summed E-state index contributed by atoms with van der Waals surface area (Å²) < 4.78 is 17.8. The van der Waals surface area contributed by atoms with Crippen LogP contribution < -0.4 is 11.1 Å². The number of nitrogens with zero attached hydrogens (tertiary/aromatic N) is 5. The number of nitrogens with one attached hydrogen (secondary N) is 1. The predicted octanol–water partition coefficient (Wildman–Crippen LogP) is -0.0570. The summed E-state index contributed by atoms with van der Waals surface area (Å²) in [6.45, 7) is 0.799. The van der Waals surface area contributed by atoms with Crippen LogP contribution in [0.4, 0.5) is 10.6 Å². The molecule has 2 fully saturated rings. The van der Waals surface area contributed by atoms with E-state index in [0.29, 0.717) is 6.61 Å². The van der Waals surface area contributed by atoms with Gasteiger partial charge in [0.15, 0.2) is 23.8 Å². The Kier molecular flexibility index (Phi) is 8.60. The first-order valence-corrected chi connectivity index (χ1v) is 13.1. The van der Waals surface area contributed by atoms with Crippen LogP contribution >= 0.6 is 0 Å². The summed E-state index contributed by atoms with van der Waals surface area (Å²) >= 11 is 0. The number of aliphatic hydroxyl groups excluding tert-OH is 2. The van der Waals surface area contributed by atoms with Crippen LogP contribution in [0, 0.1) is 11.8 Å². The second-order valence-electron chi connectivity index (χ2n) is 9.78. The molecule has 1 aliphatic carbocycles. The molecule has 1 aliphatic heterocycles. The number of amides is 2. The first kappa shape index (κ1) is 28.2. The summed E-state index contributed by atoms with van der Waals surface area (Å²) in [5, 5.41) is 23.8. The van der Waals surface area contributed by atoms with Crippen molar-refractivity contribution in [2.24, 2.45) is 0 Å². The van der Waals surface area contributed by atoms with E-state index in [1.165, 1.54) is 22.8 Å². The van der Waals surface area contributed by atoms with Crippen LogP contribution in [0.2, 0.25) is 0 Å². The largest absolute Gasteiger partial charge is 0.447 e. The van der Waals surface area contributed by atoms with Gasteiger partial charge in [0.25, 0.3) is 5.91 Å². The number of hydrogen-bond acceptors (Lipinski definition) is 11. The lowest BCUT2D eigenvalue weighted by molar-refractivity contribution is -0.137. The van der Waals surface area contributed by atoms with Crippen molar-refractivity contribution < 1.29 is 34.0 Å². The van der Waals surface area contributed by atoms with Crippen molar-refractivity contribution >= 4 is 29.0 Å². The summed E-state index contributed by atoms with van der Waals surface area (Å²) in [5.41, 5.74) is 7.52. The number of imidazole rings is 1. The Morgan fingerprint density at radius 3 is 2.73 bits per heavy atom. The van der Waals surface area contributed by atoms with Crippen molar-refractivity contribution in [1.29, 1.82) is 0 Å². The van der Waals surface area contributed by atoms with Crippen LogP contribution in [0.25, 0.3) is 11.2 Å². The third kappa shape index (κ3) is 6.72. The van der Waals surface area contributed by atoms with Gasteiger partial charge < -0.3 is 40.4 Å². The maximum atomic E-state index is 12.5. The minimum Gasteiger partial charge on any atom is -0.447 e. The van der Waals surface area contributed by atoms with Gasteiger partial charge >= 0.3 is 6.09 Å². The molecule has 5 rings (SSSR count). The monoisotopic (exact) mass is 565 g/mol. The number of ether oxygens (including phenoxy) is 3. The topological polar surface area (TPSA) is 187 Å². The summed E-state index contributed by atoms with van der Waals surface area (Å²) in [6, 6.07) is 9.74. The molecule has 2 aliphatic rings. The average Bonchev–Trinajstić information content (AvgIpc) is 3.60. The quantitative estimate of drug-likeness (QED) is 0.201. The molecule has 1 saturated heterocycles. The third-order valence-electron chi connectivity index (χ3n) is 6.54. The van der Waals surface area contributed by atoms with E-state index >= 15 is 0 Å². The normalized spacial score (nSPS) is 21.7. The summed E-state index contributed by atoms with van der Waals surface area (Å²) in [7, 11) is 1.54. The molecule has 1 aromatic carbocycles. The Balaban J connectivity index is 1.17. The average molecular weight is 566 g/mol. The van der Waals surface area contributed by atoms with E-state index < -0.39 is 36.5 Å². The predicted molar refractivity (Wildman–Crippen MR) is 144 cm³/mol. The number of fused-ring (bicyclic) bond motifs is 1. The van der Waals surface area contributed by atoms with Crippen LogP contribution in [-0.2, 0) is 25.6 Å². The van der Waals surface area contributed by atoms with E-state index in [0.717, 1.165) is 18.4 Å². The summed E-state index contributed by atoms with van der Waals surface area (Å²) in [6.07, 6.45) is -2.75. The van der Waals surface area contributed by atoms with Crippen LogP contribution in [0.3, 0.4) is 0 Å². The van der Waals surface area contributed by atoms with Crippen molar-refractivity contribution in [1.82, 2.24) is 29.7 Å². The fourth-order valence-corrected chi connectivity index (χ4v) is 4.16. The van der Waals surface area contributed by atoms with Gasteiger partial charge in [0, 0.05) is 13.1 Å². The van der Waals surface area contributed by atoms with Gasteiger partial charge in [-0.2, -0.15) is 0 Å². The molecule has 14 nitrogen and oxygen atoms in total. The first-order chi connectivity index (χ1) is 19.8. The van der Waals surface area contributed by atoms with Gasteiger partial charge in [0.1, 0.15) is 24.3 Å². The molecule has 1 saturated carbocycles. The number of carbonyl (C=O) groups is 2. The third-order valence-corrected chi connectivity index (χ3v) is 6.54. The number of hydrogen-bond donors (Lipinski definition) is 4. The Morgan fingerprint density at radius 2 is 1.98 bits per heavy atom. The highest BCUT2D eigenvalue weighted by Gasteiger charge is 2.48. The Morgan fingerprint density at radius 1 is 1.20 bits per heavy atom. The van der Waals surface area contributed by atoms with Crippen LogP contribution in [0.5, 0.6) is 0 Å². The number of aliphatic hydroxyl groups is 2. The number of anilines is 1. The second kappa shape index (κ2) is 12.5. The van der Waals surface area contributed by atoms with E-state index in [4.69, 9.17) is 19.9 Å². The molecule has 3 heterocycles. The molecule has 216 valence electrons. The van der Waals surface area contributed by atoms with Gasteiger partial charge in [-0.1, -0.05) is 36.3 Å². The maximum Gasteiger partial charge on any atom is 0.410 e. The number of nitrogens with two attached hydrogens (primary N) is 1. The number of benzene rings is 1. The molecule has 3 aromatic rings. The second-order valence-corrected chi connectivity index (χ2v) is 9.78. The zero-order chi connectivity index (χ0) is 28.9. The lowest BCUT2D eigenvalue weighted by atomic mass is 10.1. The summed E-state index contributed by atoms with van der Waals surface area (Å²) in [5.74, 6) is 5.15. The molecular formula is C27H31N7O7. The fourth-order valence-electron chi connectivity index (χ4n) is 4.16. The zero-order valence-corrected chi connectivity index (χ0v) is 22.3. The molecule has 14 heteroatoms. The standard InChI is InChI=1S/C27H31N7O7/c1-33(27(38)40-13-12-39-14-16-6-3-2-4-7-16)11-5-8-18-31-23(28)19-24(32-18)34(15-29-19)26-21(36)20(35)22(41-26)25(37)30-17-9-10-17/h2-4,6-7,15,17,20-22,26,35-36H,9-14H2,1H3,(H,30,37)(H2,28,31,32)/t20?,21?,22-,26+/m0/s1. The van der Waals surface area contributed by atoms with E-state index in [2.05, 4.69) is 32.1 Å². The fraction of sp³-hybridized carbons (Fsp3) is 0.444. The van der Waals surface area contributed by atoms with Crippen molar-refractivity contribution in [3.8, 4) is 11.8 Å². The lowest BCUT2D eigenvalue weighted by Gasteiger charge is -2.16. The van der Waals surface area contributed by atoms with Gasteiger partial charge in [0.05, 0.1) is 26.1 Å². The molecular weight excluding hydrogens is 534 g/mol. The summed E-state index contributed by atoms with van der Waals surface area (Å²) in [4.78, 5) is 38.7. The minimum absolute atomic E-state index is 0.0265. The molecule has 2 amide bonds. The lowest BCUT2D eigenvalue weighted by Crippen LogP contribution is -2.43. The molecule has 5 N–H and O–H groups in total. The molecule has 2 aromatic heterocycles. The zero-order valence-electron chi connectivity index (χ0n) is 22.3. The number of rotatable bonds is 9. The van der Waals surface area contributed by atoms with Gasteiger partial charge in [-0.3, -0.25) is 9.36 Å². The van der Waals surface area contributed by atoms with Crippen molar-refractivity contribution in [2.75, 3.05) is 32.5 Å². The van der Waals surface area contributed by atoms with E-state index in [9.17, 15) is 19.8 Å². The van der Waals surface area contributed by atoms with Crippen LogP contribution in [-0.4, -0.2) is 97.8 Å². The number of carbonyl (C=O) groups excluding carboxylic acids is 2. The molecule has 0 spiro atoms. The SMILES string of the molecule is CN(CC#Cc1nc(N)c2ncn([C@@H]3O[C@H](C(=O)NC4CC4)C(O)C3O)c2n1)C(=O)OCCOCc1ccccc1. The number of nitrogen functional groups attached to an aromatic ring is 1. The van der Waals surface area contributed by atoms with E-state index in [-0.39, 0.29) is 48.6 Å². The van der Waals surface area contributed by atoms with Gasteiger partial charge in [-0.05, 0) is 24.3 Å².